The number of benzene rings is 2. The molecule has 2 heterocycles. The molecule has 0 saturated heterocycles. The first kappa shape index (κ1) is 38.2. The first-order valence-corrected chi connectivity index (χ1v) is 19.0. The van der Waals surface area contributed by atoms with E-state index in [1.54, 1.807) is 6.92 Å². The second-order valence-corrected chi connectivity index (χ2v) is 16.2. The fourth-order valence-electron chi connectivity index (χ4n) is 5.65. The second-order valence-electron chi connectivity index (χ2n) is 12.5. The van der Waals surface area contributed by atoms with Crippen LogP contribution < -0.4 is 9.46 Å². The molecule has 0 spiro atoms. The van der Waals surface area contributed by atoms with Crippen molar-refractivity contribution in [1.29, 1.82) is 0 Å². The number of ether oxygens (including phenoxy) is 2. The van der Waals surface area contributed by atoms with Crippen LogP contribution in [0, 0.1) is 25.6 Å². The minimum Gasteiger partial charge on any atom is -0.490 e. The van der Waals surface area contributed by atoms with Crippen molar-refractivity contribution in [2.24, 2.45) is 5.92 Å². The van der Waals surface area contributed by atoms with Gasteiger partial charge in [-0.2, -0.15) is 4.31 Å². The highest BCUT2D eigenvalue weighted by Gasteiger charge is 2.33. The summed E-state index contributed by atoms with van der Waals surface area (Å²) in [4.78, 5) is 15.6. The van der Waals surface area contributed by atoms with Crippen LogP contribution >= 0.6 is 0 Å². The van der Waals surface area contributed by atoms with Crippen LogP contribution in [0.5, 0.6) is 5.75 Å². The van der Waals surface area contributed by atoms with Crippen LogP contribution in [0.15, 0.2) is 56.8 Å². The van der Waals surface area contributed by atoms with E-state index in [1.165, 1.54) is 56.1 Å². The van der Waals surface area contributed by atoms with E-state index in [2.05, 4.69) is 9.88 Å². The fraction of sp³-hybridized carbons (Fsp3) is 0.515. The summed E-state index contributed by atoms with van der Waals surface area (Å²) in [6.45, 7) is 8.31. The number of nitrogens with zero attached hydrogens (tertiary/aromatic N) is 3. The van der Waals surface area contributed by atoms with Crippen molar-refractivity contribution in [3.8, 4) is 5.75 Å². The van der Waals surface area contributed by atoms with E-state index in [0.717, 1.165) is 22.9 Å². The van der Waals surface area contributed by atoms with Crippen LogP contribution in [0.3, 0.4) is 0 Å². The summed E-state index contributed by atoms with van der Waals surface area (Å²) in [6.07, 6.45) is 1.03. The Hall–Kier alpha value is -3.57. The standard InChI is InChI=1S/C33H45FN4O9S2/c1-21-18-38(22(2)20-39)33(40)29-17-27(36-48(41,42)32-24(4)35-47-25(32)5)12-15-30(29)46-23(3)9-7-8-16-45-31(21)19-37(6)49(43,44)28-13-10-26(34)11-14-28/h10-15,17,21-23,31,36,39H,7-9,16,18-20H2,1-6H3/t21-,22-,23+,31-/m0/s1. The van der Waals surface area contributed by atoms with E-state index >= 15 is 0 Å². The van der Waals surface area contributed by atoms with Gasteiger partial charge in [-0.3, -0.25) is 9.52 Å². The number of fused-ring (bicyclic) bond motifs is 1. The number of hydrogen-bond donors (Lipinski definition) is 2. The number of anilines is 1. The molecule has 0 saturated carbocycles. The van der Waals surface area contributed by atoms with Crippen LogP contribution in [-0.2, 0) is 24.8 Å². The number of aliphatic hydroxyl groups excluding tert-OH is 1. The van der Waals surface area contributed by atoms with Gasteiger partial charge in [0.15, 0.2) is 10.7 Å². The Morgan fingerprint density at radius 1 is 1.10 bits per heavy atom. The number of halogens is 1. The summed E-state index contributed by atoms with van der Waals surface area (Å²) >= 11 is 0. The normalized spacial score (nSPS) is 20.7. The molecule has 1 amide bonds. The maximum atomic E-state index is 14.4. The number of aromatic nitrogens is 1. The maximum absolute atomic E-state index is 14.4. The molecule has 16 heteroatoms. The molecule has 0 radical (unpaired) electrons. The summed E-state index contributed by atoms with van der Waals surface area (Å²) in [5, 5.41) is 13.9. The molecule has 1 aromatic heterocycles. The molecule has 1 aliphatic rings. The SMILES string of the molecule is Cc1noc(C)c1S(=O)(=O)Nc1ccc2c(c1)C(=O)N([C@@H](C)CO)C[C@H](C)[C@H](CN(C)S(=O)(=O)c1ccc(F)cc1)OCCCC[C@@H](C)O2. The lowest BCUT2D eigenvalue weighted by atomic mass is 10.0. The van der Waals surface area contributed by atoms with Crippen molar-refractivity contribution >= 4 is 31.6 Å². The van der Waals surface area contributed by atoms with Gasteiger partial charge in [0.25, 0.3) is 15.9 Å². The van der Waals surface area contributed by atoms with Gasteiger partial charge < -0.3 is 24.0 Å². The van der Waals surface area contributed by atoms with Crippen LogP contribution in [0.4, 0.5) is 10.1 Å². The third-order valence-electron chi connectivity index (χ3n) is 8.50. The average molecular weight is 725 g/mol. The maximum Gasteiger partial charge on any atom is 0.267 e. The molecule has 2 aromatic carbocycles. The van der Waals surface area contributed by atoms with Crippen molar-refractivity contribution in [3.63, 3.8) is 0 Å². The van der Waals surface area contributed by atoms with E-state index in [9.17, 15) is 31.1 Å². The van der Waals surface area contributed by atoms with Gasteiger partial charge in [0.05, 0.1) is 35.3 Å². The summed E-state index contributed by atoms with van der Waals surface area (Å²) in [5.41, 5.74) is 0.355. The lowest BCUT2D eigenvalue weighted by Gasteiger charge is -2.35. The third kappa shape index (κ3) is 9.16. The highest BCUT2D eigenvalue weighted by molar-refractivity contribution is 7.92. The first-order valence-electron chi connectivity index (χ1n) is 16.1. The Morgan fingerprint density at radius 2 is 1.80 bits per heavy atom. The molecule has 270 valence electrons. The minimum atomic E-state index is -4.13. The molecular formula is C33H45FN4O9S2. The predicted molar refractivity (Wildman–Crippen MR) is 180 cm³/mol. The molecule has 0 fully saturated rings. The summed E-state index contributed by atoms with van der Waals surface area (Å²) < 4.78 is 88.0. The number of nitrogens with one attached hydrogen (secondary N) is 1. The number of carbonyl (C=O) groups excluding carboxylic acids is 1. The Bertz CT molecular complexity index is 1800. The van der Waals surface area contributed by atoms with Gasteiger partial charge in [0.1, 0.15) is 17.3 Å². The average Bonchev–Trinajstić information content (AvgIpc) is 3.40. The topological polar surface area (TPSA) is 169 Å². The quantitative estimate of drug-likeness (QED) is 0.324. The zero-order valence-corrected chi connectivity index (χ0v) is 30.2. The highest BCUT2D eigenvalue weighted by Crippen LogP contribution is 2.30. The van der Waals surface area contributed by atoms with E-state index < -0.39 is 49.8 Å². The predicted octanol–water partition coefficient (Wildman–Crippen LogP) is 4.35. The molecular weight excluding hydrogens is 680 g/mol. The van der Waals surface area contributed by atoms with E-state index in [4.69, 9.17) is 14.0 Å². The minimum absolute atomic E-state index is 0.0552. The van der Waals surface area contributed by atoms with Crippen LogP contribution in [0.2, 0.25) is 0 Å². The number of amides is 1. The van der Waals surface area contributed by atoms with Crippen molar-refractivity contribution in [2.45, 2.75) is 81.9 Å². The number of sulfonamides is 2. The van der Waals surface area contributed by atoms with Crippen molar-refractivity contribution in [2.75, 3.05) is 38.1 Å². The summed E-state index contributed by atoms with van der Waals surface area (Å²) in [6, 6.07) is 8.31. The number of hydrogen-bond acceptors (Lipinski definition) is 10. The number of likely N-dealkylation sites (N-methyl/N-ethyl adjacent to an activating group) is 1. The lowest BCUT2D eigenvalue weighted by Crippen LogP contribution is -2.48. The summed E-state index contributed by atoms with van der Waals surface area (Å²) in [7, 11) is -6.71. The van der Waals surface area contributed by atoms with Gasteiger partial charge >= 0.3 is 0 Å². The number of aryl methyl sites for hydroxylation is 2. The lowest BCUT2D eigenvalue weighted by molar-refractivity contribution is -0.00834. The van der Waals surface area contributed by atoms with E-state index in [1.807, 2.05) is 13.8 Å². The zero-order chi connectivity index (χ0) is 36.1. The summed E-state index contributed by atoms with van der Waals surface area (Å²) in [5.74, 6) is -1.16. The first-order chi connectivity index (χ1) is 23.0. The molecule has 1 aliphatic heterocycles. The van der Waals surface area contributed by atoms with Crippen molar-refractivity contribution in [1.82, 2.24) is 14.4 Å². The smallest absolute Gasteiger partial charge is 0.267 e. The van der Waals surface area contributed by atoms with E-state index in [0.29, 0.717) is 19.4 Å². The molecule has 2 N–H and O–H groups in total. The van der Waals surface area contributed by atoms with Gasteiger partial charge in [-0.25, -0.2) is 21.2 Å². The van der Waals surface area contributed by atoms with Crippen LogP contribution in [-0.4, -0.2) is 93.8 Å². The Labute approximate surface area is 287 Å². The Morgan fingerprint density at radius 3 is 2.43 bits per heavy atom. The molecule has 13 nitrogen and oxygen atoms in total. The molecule has 4 atom stereocenters. The number of aliphatic hydroxyl groups is 1. The molecule has 3 aromatic rings. The molecule has 4 rings (SSSR count). The van der Waals surface area contributed by atoms with E-state index in [-0.39, 0.29) is 64.0 Å². The largest absolute Gasteiger partial charge is 0.490 e. The number of rotatable bonds is 9. The monoisotopic (exact) mass is 724 g/mol. The second kappa shape index (κ2) is 16.0. The van der Waals surface area contributed by atoms with Gasteiger partial charge in [-0.1, -0.05) is 12.1 Å². The molecule has 0 unspecified atom stereocenters. The Kier molecular flexibility index (Phi) is 12.5. The third-order valence-corrected chi connectivity index (χ3v) is 12.0. The van der Waals surface area contributed by atoms with Crippen molar-refractivity contribution in [3.05, 3.63) is 65.3 Å². The van der Waals surface area contributed by atoms with Crippen LogP contribution in [0.25, 0.3) is 0 Å². The zero-order valence-electron chi connectivity index (χ0n) is 28.5. The van der Waals surface area contributed by atoms with Gasteiger partial charge in [-0.05, 0) is 89.4 Å². The fourth-order valence-corrected chi connectivity index (χ4v) is 8.22. The van der Waals surface area contributed by atoms with Crippen LogP contribution in [0.1, 0.15) is 61.8 Å². The highest BCUT2D eigenvalue weighted by atomic mass is 32.2. The number of carbonyl (C=O) groups is 1. The van der Waals surface area contributed by atoms with Gasteiger partial charge in [0, 0.05) is 38.3 Å². The van der Waals surface area contributed by atoms with Gasteiger partial charge in [0.2, 0.25) is 10.0 Å². The molecule has 0 aliphatic carbocycles. The molecule has 49 heavy (non-hydrogen) atoms. The molecule has 0 bridgehead atoms. The Balaban J connectivity index is 1.69. The van der Waals surface area contributed by atoms with Gasteiger partial charge in [-0.15, -0.1) is 0 Å². The van der Waals surface area contributed by atoms with Crippen molar-refractivity contribution < 1.29 is 45.1 Å².